The Morgan fingerprint density at radius 2 is 1.76 bits per heavy atom. The number of benzene rings is 2. The monoisotopic (exact) mass is 474 g/mol. The van der Waals surface area contributed by atoms with Crippen molar-refractivity contribution in [3.05, 3.63) is 52.1 Å². The average molecular weight is 474 g/mol. The van der Waals surface area contributed by atoms with Gasteiger partial charge in [0.15, 0.2) is 0 Å². The fourth-order valence-corrected chi connectivity index (χ4v) is 3.38. The maximum absolute atomic E-state index is 13.6. The van der Waals surface area contributed by atoms with E-state index >= 15 is 0 Å². The summed E-state index contributed by atoms with van der Waals surface area (Å²) in [5.41, 5.74) is -0.122. The van der Waals surface area contributed by atoms with Gasteiger partial charge in [-0.25, -0.2) is 8.78 Å². The summed E-state index contributed by atoms with van der Waals surface area (Å²) in [6.45, 7) is -0.143. The third-order valence-corrected chi connectivity index (χ3v) is 5.01. The van der Waals surface area contributed by atoms with Crippen LogP contribution in [0.15, 0.2) is 36.4 Å². The number of hydrogen-bond acceptors (Lipinski definition) is 6. The van der Waals surface area contributed by atoms with Crippen molar-refractivity contribution in [2.45, 2.75) is 25.1 Å². The average Bonchev–Trinajstić information content (AvgIpc) is 2.73. The second-order valence-corrected chi connectivity index (χ2v) is 7.26. The zero-order valence-electron chi connectivity index (χ0n) is 17.2. The third-order valence-electron chi connectivity index (χ3n) is 5.01. The molecule has 3 rings (SSSR count). The Labute approximate surface area is 184 Å². The van der Waals surface area contributed by atoms with Crippen LogP contribution in [0.1, 0.15) is 23.2 Å². The molecule has 178 valence electrons. The summed E-state index contributed by atoms with van der Waals surface area (Å²) in [4.78, 5) is 25.3. The van der Waals surface area contributed by atoms with E-state index in [2.05, 4.69) is 15.4 Å². The lowest BCUT2D eigenvalue weighted by atomic mass is 10.0. The predicted octanol–water partition coefficient (Wildman–Crippen LogP) is 5.02. The number of rotatable bonds is 6. The molecule has 0 spiro atoms. The van der Waals surface area contributed by atoms with Gasteiger partial charge in [-0.05, 0) is 30.3 Å². The van der Waals surface area contributed by atoms with Gasteiger partial charge in [-0.1, -0.05) is 0 Å². The van der Waals surface area contributed by atoms with Gasteiger partial charge in [-0.3, -0.25) is 14.9 Å². The van der Waals surface area contributed by atoms with E-state index in [1.165, 1.54) is 18.0 Å². The number of amides is 1. The highest BCUT2D eigenvalue weighted by Gasteiger charge is 2.36. The molecular weight excluding hydrogens is 455 g/mol. The first-order valence-electron chi connectivity index (χ1n) is 9.69. The Balaban J connectivity index is 1.91. The number of hydrogen-bond donors (Lipinski definition) is 2. The maximum atomic E-state index is 13.6. The smallest absolute Gasteiger partial charge is 0.406 e. The Morgan fingerprint density at radius 1 is 1.15 bits per heavy atom. The van der Waals surface area contributed by atoms with Crippen molar-refractivity contribution in [3.63, 3.8) is 0 Å². The van der Waals surface area contributed by atoms with Crippen LogP contribution in [0.5, 0.6) is 5.75 Å². The van der Waals surface area contributed by atoms with E-state index in [1.54, 1.807) is 0 Å². The second kappa shape index (κ2) is 9.08. The van der Waals surface area contributed by atoms with Gasteiger partial charge in [0.25, 0.3) is 17.5 Å². The molecule has 0 bridgehead atoms. The topological polar surface area (TPSA) is 96.7 Å². The molecule has 2 aromatic carbocycles. The van der Waals surface area contributed by atoms with E-state index < -0.39 is 47.4 Å². The van der Waals surface area contributed by atoms with Crippen molar-refractivity contribution in [3.8, 4) is 5.75 Å². The minimum Gasteiger partial charge on any atom is -0.406 e. The molecule has 1 aliphatic heterocycles. The molecule has 33 heavy (non-hydrogen) atoms. The van der Waals surface area contributed by atoms with E-state index in [0.717, 1.165) is 30.3 Å². The molecule has 8 nitrogen and oxygen atoms in total. The van der Waals surface area contributed by atoms with Crippen molar-refractivity contribution in [1.29, 1.82) is 0 Å². The number of anilines is 3. The molecule has 0 atom stereocenters. The number of piperidine rings is 1. The quantitative estimate of drug-likeness (QED) is 0.347. The highest BCUT2D eigenvalue weighted by Crippen LogP contribution is 2.37. The molecule has 1 heterocycles. The molecule has 0 aromatic heterocycles. The van der Waals surface area contributed by atoms with Crippen molar-refractivity contribution in [2.24, 2.45) is 0 Å². The maximum Gasteiger partial charge on any atom is 0.573 e. The molecule has 2 N–H and O–H groups in total. The normalized spacial score (nSPS) is 15.6. The van der Waals surface area contributed by atoms with E-state index in [4.69, 9.17) is 0 Å². The van der Waals surface area contributed by atoms with Crippen LogP contribution in [-0.2, 0) is 0 Å². The number of carbonyl (C=O) groups excluding carboxylic acids is 1. The standard InChI is InChI=1S/C20H19F5N4O4/c1-26-15-11-16(28-8-6-19(21,22)7-9-28)14(10-17(15)29(31)32)18(30)27-12-2-4-13(5-3-12)33-20(23,24)25/h2-5,10-11,26H,6-9H2,1H3,(H,27,30). The SMILES string of the molecule is CNc1cc(N2CCC(F)(F)CC2)c(C(=O)Nc2ccc(OC(F)(F)F)cc2)cc1[N+](=O)[O-]. The van der Waals surface area contributed by atoms with Crippen molar-refractivity contribution >= 4 is 28.7 Å². The van der Waals surface area contributed by atoms with Crippen LogP contribution in [0.4, 0.5) is 44.7 Å². The van der Waals surface area contributed by atoms with E-state index in [9.17, 15) is 36.9 Å². The van der Waals surface area contributed by atoms with Crippen molar-refractivity contribution in [1.82, 2.24) is 0 Å². The lowest BCUT2D eigenvalue weighted by Crippen LogP contribution is -2.40. The summed E-state index contributed by atoms with van der Waals surface area (Å²) >= 11 is 0. The van der Waals surface area contributed by atoms with Gasteiger partial charge >= 0.3 is 6.36 Å². The minimum absolute atomic E-state index is 0.0717. The molecule has 1 aliphatic rings. The summed E-state index contributed by atoms with van der Waals surface area (Å²) in [6.07, 6.45) is -5.76. The van der Waals surface area contributed by atoms with E-state index in [1.807, 2.05) is 0 Å². The van der Waals surface area contributed by atoms with Gasteiger partial charge in [0.1, 0.15) is 11.4 Å². The first kappa shape index (κ1) is 24.0. The fourth-order valence-electron chi connectivity index (χ4n) is 3.38. The fraction of sp³-hybridized carbons (Fsp3) is 0.350. The Morgan fingerprint density at radius 3 is 2.27 bits per heavy atom. The molecule has 1 amide bonds. The number of halogens is 5. The minimum atomic E-state index is -4.88. The van der Waals surface area contributed by atoms with Crippen LogP contribution < -0.4 is 20.3 Å². The summed E-state index contributed by atoms with van der Waals surface area (Å²) in [5.74, 6) is -4.13. The van der Waals surface area contributed by atoms with E-state index in [-0.39, 0.29) is 35.7 Å². The second-order valence-electron chi connectivity index (χ2n) is 7.26. The van der Waals surface area contributed by atoms with Gasteiger partial charge in [-0.2, -0.15) is 0 Å². The highest BCUT2D eigenvalue weighted by atomic mass is 19.4. The van der Waals surface area contributed by atoms with Gasteiger partial charge in [0.2, 0.25) is 0 Å². The third kappa shape index (κ3) is 5.99. The van der Waals surface area contributed by atoms with Crippen molar-refractivity contribution in [2.75, 3.05) is 35.7 Å². The lowest BCUT2D eigenvalue weighted by Gasteiger charge is -2.34. The molecule has 1 fully saturated rings. The van der Waals surface area contributed by atoms with Crippen LogP contribution in [0.25, 0.3) is 0 Å². The molecule has 13 heteroatoms. The molecule has 1 saturated heterocycles. The van der Waals surface area contributed by atoms with Crippen LogP contribution in [0.3, 0.4) is 0 Å². The number of nitro benzene ring substituents is 1. The molecular formula is C20H19F5N4O4. The highest BCUT2D eigenvalue weighted by molar-refractivity contribution is 6.09. The van der Waals surface area contributed by atoms with Crippen LogP contribution in [0, 0.1) is 10.1 Å². The van der Waals surface area contributed by atoms with Gasteiger partial charge in [0.05, 0.1) is 16.2 Å². The number of ether oxygens (including phenoxy) is 1. The van der Waals surface area contributed by atoms with Crippen molar-refractivity contribution < 1.29 is 36.4 Å². The Kier molecular flexibility index (Phi) is 6.60. The van der Waals surface area contributed by atoms with Gasteiger partial charge in [0, 0.05) is 44.7 Å². The molecule has 0 unspecified atom stereocenters. The largest absolute Gasteiger partial charge is 0.573 e. The summed E-state index contributed by atoms with van der Waals surface area (Å²) in [5, 5.41) is 16.6. The number of nitrogens with one attached hydrogen (secondary N) is 2. The van der Waals surface area contributed by atoms with Crippen LogP contribution in [0.2, 0.25) is 0 Å². The first-order chi connectivity index (χ1) is 15.4. The Hall–Kier alpha value is -3.64. The Bertz CT molecular complexity index is 1030. The van der Waals surface area contributed by atoms with Crippen LogP contribution in [-0.4, -0.2) is 43.3 Å². The van der Waals surface area contributed by atoms with E-state index in [0.29, 0.717) is 0 Å². The molecule has 0 saturated carbocycles. The summed E-state index contributed by atoms with van der Waals surface area (Å²) < 4.78 is 67.9. The number of nitrogens with zero attached hydrogens (tertiary/aromatic N) is 2. The number of alkyl halides is 5. The van der Waals surface area contributed by atoms with Crippen LogP contribution >= 0.6 is 0 Å². The lowest BCUT2D eigenvalue weighted by molar-refractivity contribution is -0.383. The van der Waals surface area contributed by atoms with Gasteiger partial charge in [-0.15, -0.1) is 13.2 Å². The molecule has 2 aromatic rings. The molecule has 0 aliphatic carbocycles. The number of nitro groups is 1. The predicted molar refractivity (Wildman–Crippen MR) is 110 cm³/mol. The summed E-state index contributed by atoms with van der Waals surface area (Å²) in [6, 6.07) is 6.68. The number of carbonyl (C=O) groups is 1. The molecule has 0 radical (unpaired) electrons. The zero-order valence-corrected chi connectivity index (χ0v) is 17.2. The first-order valence-corrected chi connectivity index (χ1v) is 9.69. The van der Waals surface area contributed by atoms with Gasteiger partial charge < -0.3 is 20.3 Å². The summed E-state index contributed by atoms with van der Waals surface area (Å²) in [7, 11) is 1.45. The zero-order chi connectivity index (χ0) is 24.4.